The molecule has 0 aromatic carbocycles. The molecule has 0 radical (unpaired) electrons. The molecule has 0 aliphatic heterocycles. The molecule has 0 atom stereocenters. The molecule has 0 saturated heterocycles. The maximum absolute atomic E-state index is 11.1. The third-order valence-corrected chi connectivity index (χ3v) is 1.90. The van der Waals surface area contributed by atoms with Gasteiger partial charge in [-0.2, -0.15) is 0 Å². The average molecular weight is 283 g/mol. The first-order valence-electron chi connectivity index (χ1n) is 5.30. The molecule has 6 heteroatoms. The summed E-state index contributed by atoms with van der Waals surface area (Å²) in [6, 6.07) is 0. The Hall–Kier alpha value is -0.740. The molecule has 17 heavy (non-hydrogen) atoms. The van der Waals surface area contributed by atoms with Crippen LogP contribution in [0.3, 0.4) is 0 Å². The Morgan fingerprint density at radius 1 is 1.12 bits per heavy atom. The highest BCUT2D eigenvalue weighted by molar-refractivity contribution is 6.44. The van der Waals surface area contributed by atoms with Gasteiger partial charge >= 0.3 is 11.9 Å². The molecule has 0 aromatic heterocycles. The van der Waals surface area contributed by atoms with Gasteiger partial charge in [-0.05, 0) is 6.42 Å². The fraction of sp³-hybridized carbons (Fsp3) is 0.636. The van der Waals surface area contributed by atoms with Crippen molar-refractivity contribution in [2.24, 2.45) is 0 Å². The molecule has 0 heterocycles. The van der Waals surface area contributed by atoms with E-state index in [1.807, 2.05) is 13.0 Å². The summed E-state index contributed by atoms with van der Waals surface area (Å²) in [6.07, 6.45) is 4.50. The molecule has 0 N–H and O–H groups in total. The molecule has 0 saturated carbocycles. The van der Waals surface area contributed by atoms with E-state index in [0.717, 1.165) is 6.42 Å². The fourth-order valence-corrected chi connectivity index (χ4v) is 1.01. The predicted molar refractivity (Wildman–Crippen MR) is 66.1 cm³/mol. The molecule has 0 aliphatic carbocycles. The second-order valence-corrected chi connectivity index (χ2v) is 4.41. The number of allylic oxidation sites excluding steroid dienone is 1. The lowest BCUT2D eigenvalue weighted by Gasteiger charge is -2.04. The average Bonchev–Trinajstić information content (AvgIpc) is 2.29. The molecule has 98 valence electrons. The fourth-order valence-electron chi connectivity index (χ4n) is 0.880. The van der Waals surface area contributed by atoms with E-state index in [2.05, 4.69) is 4.74 Å². The van der Waals surface area contributed by atoms with Crippen molar-refractivity contribution in [1.82, 2.24) is 0 Å². The summed E-state index contributed by atoms with van der Waals surface area (Å²) in [4.78, 5) is 21.5. The van der Waals surface area contributed by atoms with Gasteiger partial charge in [-0.25, -0.2) is 0 Å². The van der Waals surface area contributed by atoms with Gasteiger partial charge in [0.05, 0.1) is 12.8 Å². The molecular formula is C11H16Cl2O4. The van der Waals surface area contributed by atoms with Gasteiger partial charge in [0.25, 0.3) is 0 Å². The van der Waals surface area contributed by atoms with Crippen LogP contribution in [-0.4, -0.2) is 30.0 Å². The van der Waals surface area contributed by atoms with E-state index >= 15 is 0 Å². The molecule has 0 spiro atoms. The third-order valence-electron chi connectivity index (χ3n) is 1.65. The normalized spacial score (nSPS) is 10.8. The van der Waals surface area contributed by atoms with E-state index < -0.39 is 16.8 Å². The summed E-state index contributed by atoms with van der Waals surface area (Å²) in [5.41, 5.74) is 0. The van der Waals surface area contributed by atoms with Crippen molar-refractivity contribution in [2.75, 3.05) is 13.2 Å². The molecule has 0 aromatic rings. The lowest BCUT2D eigenvalue weighted by molar-refractivity contribution is -0.149. The zero-order chi connectivity index (χ0) is 13.1. The Balaban J connectivity index is 3.55. The zero-order valence-electron chi connectivity index (χ0n) is 9.66. The minimum Gasteiger partial charge on any atom is -0.463 e. The highest BCUT2D eigenvalue weighted by Crippen LogP contribution is 2.03. The Bertz CT molecular complexity index is 264. The van der Waals surface area contributed by atoms with E-state index in [1.165, 1.54) is 0 Å². The number of carbonyl (C=O) groups excluding carboxylic acids is 2. The molecule has 0 aliphatic rings. The van der Waals surface area contributed by atoms with Crippen molar-refractivity contribution in [3.8, 4) is 0 Å². The van der Waals surface area contributed by atoms with Crippen LogP contribution in [0.4, 0.5) is 0 Å². The summed E-state index contributed by atoms with van der Waals surface area (Å²) in [5.74, 6) is -0.951. The van der Waals surface area contributed by atoms with Crippen molar-refractivity contribution >= 4 is 35.1 Å². The van der Waals surface area contributed by atoms with Gasteiger partial charge in [-0.15, -0.1) is 23.2 Å². The van der Waals surface area contributed by atoms with Gasteiger partial charge in [0.2, 0.25) is 0 Å². The number of alkyl halides is 2. The summed E-state index contributed by atoms with van der Waals surface area (Å²) in [7, 11) is 0. The molecule has 0 rings (SSSR count). The largest absolute Gasteiger partial charge is 0.463 e. The topological polar surface area (TPSA) is 52.6 Å². The summed E-state index contributed by atoms with van der Waals surface area (Å²) in [5, 5.41) is 0. The first-order valence-corrected chi connectivity index (χ1v) is 6.18. The zero-order valence-corrected chi connectivity index (χ0v) is 11.2. The first kappa shape index (κ1) is 16.3. The monoisotopic (exact) mass is 282 g/mol. The number of halogens is 2. The van der Waals surface area contributed by atoms with Gasteiger partial charge in [-0.3, -0.25) is 9.59 Å². The van der Waals surface area contributed by atoms with Gasteiger partial charge in [0.15, 0.2) is 0 Å². The second-order valence-electron chi connectivity index (χ2n) is 3.14. The smallest absolute Gasteiger partial charge is 0.306 e. The van der Waals surface area contributed by atoms with Crippen LogP contribution in [0.1, 0.15) is 26.2 Å². The molecule has 0 bridgehead atoms. The van der Waals surface area contributed by atoms with Crippen molar-refractivity contribution in [1.29, 1.82) is 0 Å². The SMILES string of the molecule is CC/C=C\COC(=O)CCC(=O)OCC(Cl)Cl. The van der Waals surface area contributed by atoms with Crippen LogP contribution in [0.15, 0.2) is 12.2 Å². The number of carbonyl (C=O) groups is 2. The highest BCUT2D eigenvalue weighted by atomic mass is 35.5. The minimum absolute atomic E-state index is 0.00592. The van der Waals surface area contributed by atoms with Crippen LogP contribution >= 0.6 is 23.2 Å². The van der Waals surface area contributed by atoms with Crippen molar-refractivity contribution in [2.45, 2.75) is 31.0 Å². The van der Waals surface area contributed by atoms with Crippen LogP contribution in [-0.2, 0) is 19.1 Å². The predicted octanol–water partition coefficient (Wildman–Crippen LogP) is 2.62. The van der Waals surface area contributed by atoms with Crippen molar-refractivity contribution < 1.29 is 19.1 Å². The molecular weight excluding hydrogens is 267 g/mol. The van der Waals surface area contributed by atoms with Crippen LogP contribution in [0.25, 0.3) is 0 Å². The Morgan fingerprint density at radius 3 is 2.24 bits per heavy atom. The molecule has 0 unspecified atom stereocenters. The van der Waals surface area contributed by atoms with Gasteiger partial charge in [0.1, 0.15) is 18.1 Å². The molecule has 0 fully saturated rings. The van der Waals surface area contributed by atoms with Crippen LogP contribution < -0.4 is 0 Å². The molecule has 0 amide bonds. The second kappa shape index (κ2) is 10.4. The van der Waals surface area contributed by atoms with Crippen molar-refractivity contribution in [3.05, 3.63) is 12.2 Å². The lowest BCUT2D eigenvalue weighted by Crippen LogP contribution is -2.13. The third kappa shape index (κ3) is 11.5. The number of ether oxygens (including phenoxy) is 2. The summed E-state index contributed by atoms with van der Waals surface area (Å²) >= 11 is 10.7. The van der Waals surface area contributed by atoms with Crippen LogP contribution in [0.2, 0.25) is 0 Å². The number of rotatable bonds is 8. The summed E-state index contributed by atoms with van der Waals surface area (Å²) < 4.78 is 9.51. The van der Waals surface area contributed by atoms with E-state index in [1.54, 1.807) is 6.08 Å². The quantitative estimate of drug-likeness (QED) is 0.390. The Kier molecular flexibility index (Phi) is 9.96. The maximum Gasteiger partial charge on any atom is 0.306 e. The van der Waals surface area contributed by atoms with Crippen LogP contribution in [0, 0.1) is 0 Å². The lowest BCUT2D eigenvalue weighted by atomic mass is 10.3. The standard InChI is InChI=1S/C11H16Cl2O4/c1-2-3-4-7-16-10(14)5-6-11(15)17-8-9(12)13/h3-4,9H,2,5-8H2,1H3/b4-3-. The summed E-state index contributed by atoms with van der Waals surface area (Å²) in [6.45, 7) is 2.14. The van der Waals surface area contributed by atoms with Gasteiger partial charge in [0, 0.05) is 0 Å². The molecule has 4 nitrogen and oxygen atoms in total. The van der Waals surface area contributed by atoms with Crippen molar-refractivity contribution in [3.63, 3.8) is 0 Å². The van der Waals surface area contributed by atoms with E-state index in [0.29, 0.717) is 0 Å². The minimum atomic E-state index is -0.745. The first-order chi connectivity index (χ1) is 8.06. The number of hydrogen-bond donors (Lipinski definition) is 0. The number of esters is 2. The Morgan fingerprint density at radius 2 is 1.71 bits per heavy atom. The maximum atomic E-state index is 11.1. The van der Waals surface area contributed by atoms with Gasteiger partial charge in [-0.1, -0.05) is 19.1 Å². The van der Waals surface area contributed by atoms with E-state index in [-0.39, 0.29) is 26.1 Å². The van der Waals surface area contributed by atoms with E-state index in [4.69, 9.17) is 27.9 Å². The Labute approximate surface area is 111 Å². The van der Waals surface area contributed by atoms with Crippen LogP contribution in [0.5, 0.6) is 0 Å². The van der Waals surface area contributed by atoms with E-state index in [9.17, 15) is 9.59 Å². The van der Waals surface area contributed by atoms with Gasteiger partial charge < -0.3 is 9.47 Å². The number of hydrogen-bond acceptors (Lipinski definition) is 4. The highest BCUT2D eigenvalue weighted by Gasteiger charge is 2.10.